The lowest BCUT2D eigenvalue weighted by Gasteiger charge is -2.04. The maximum absolute atomic E-state index is 3.56. The van der Waals surface area contributed by atoms with Crippen molar-refractivity contribution in [3.8, 4) is 0 Å². The number of fused-ring (bicyclic) bond motifs is 3. The van der Waals surface area contributed by atoms with Crippen LogP contribution in [0.1, 0.15) is 18.2 Å². The first-order valence-electron chi connectivity index (χ1n) is 5.83. The van der Waals surface area contributed by atoms with E-state index in [0.29, 0.717) is 0 Å². The topological polar surface area (TPSA) is 17.0 Å². The second kappa shape index (κ2) is 4.00. The van der Waals surface area contributed by atoms with Crippen LogP contribution in [-0.4, -0.2) is 11.1 Å². The summed E-state index contributed by atoms with van der Waals surface area (Å²) in [4.78, 5) is 0. The van der Waals surface area contributed by atoms with Crippen LogP contribution in [0.4, 0.5) is 0 Å². The number of hydrogen-bond donors (Lipinski definition) is 1. The van der Waals surface area contributed by atoms with E-state index in [1.165, 1.54) is 27.7 Å². The first kappa shape index (κ1) is 11.1. The first-order chi connectivity index (χ1) is 8.18. The highest BCUT2D eigenvalue weighted by molar-refractivity contribution is 9.10. The normalized spacial score (nSPS) is 15.6. The number of hydrogen-bond acceptors (Lipinski definition) is 1. The minimum atomic E-state index is 0.936. The zero-order valence-corrected chi connectivity index (χ0v) is 11.6. The van der Waals surface area contributed by atoms with Crippen LogP contribution in [-0.2, 0) is 13.6 Å². The van der Waals surface area contributed by atoms with E-state index >= 15 is 0 Å². The van der Waals surface area contributed by atoms with Crippen LogP contribution in [0.15, 0.2) is 28.7 Å². The van der Waals surface area contributed by atoms with Crippen molar-refractivity contribution in [3.63, 3.8) is 0 Å². The molecule has 0 saturated carbocycles. The van der Waals surface area contributed by atoms with E-state index < -0.39 is 0 Å². The molecule has 0 aliphatic carbocycles. The Bertz CT molecular complexity index is 623. The molecule has 3 rings (SSSR count). The van der Waals surface area contributed by atoms with Gasteiger partial charge in [-0.1, -0.05) is 22.0 Å². The zero-order chi connectivity index (χ0) is 12.0. The smallest absolute Gasteiger partial charge is 0.0487 e. The average Bonchev–Trinajstić information content (AvgIpc) is 2.46. The molecule has 0 unspecified atom stereocenters. The molecule has 1 aromatic carbocycles. The summed E-state index contributed by atoms with van der Waals surface area (Å²) in [6.45, 7) is 4.09. The Kier molecular flexibility index (Phi) is 2.60. The standard InChI is InChI=1S/C14H15BrN2/c1-9-5-6-16-8-13-14(9)11-7-10(15)3-4-12(11)17(13)2/h3-5,7,16H,6,8H2,1-2H3. The average molecular weight is 291 g/mol. The van der Waals surface area contributed by atoms with Gasteiger partial charge in [-0.05, 0) is 30.7 Å². The molecule has 88 valence electrons. The van der Waals surface area contributed by atoms with E-state index in [9.17, 15) is 0 Å². The maximum atomic E-state index is 3.56. The molecule has 1 aromatic heterocycles. The Labute approximate surface area is 109 Å². The predicted octanol–water partition coefficient (Wildman–Crippen LogP) is 3.45. The lowest BCUT2D eigenvalue weighted by Crippen LogP contribution is -2.14. The van der Waals surface area contributed by atoms with Gasteiger partial charge in [0.25, 0.3) is 0 Å². The van der Waals surface area contributed by atoms with E-state index in [-0.39, 0.29) is 0 Å². The second-order valence-electron chi connectivity index (χ2n) is 4.56. The SMILES string of the molecule is CC1=CCNCc2c1c1cc(Br)ccc1n2C. The lowest BCUT2D eigenvalue weighted by molar-refractivity contribution is 0.713. The number of rotatable bonds is 0. The summed E-state index contributed by atoms with van der Waals surface area (Å²) in [6, 6.07) is 6.51. The third kappa shape index (κ3) is 1.65. The van der Waals surface area contributed by atoms with Crippen LogP contribution in [0.3, 0.4) is 0 Å². The highest BCUT2D eigenvalue weighted by atomic mass is 79.9. The quantitative estimate of drug-likeness (QED) is 0.786. The number of allylic oxidation sites excluding steroid dienone is 1. The monoisotopic (exact) mass is 290 g/mol. The van der Waals surface area contributed by atoms with Gasteiger partial charge in [-0.2, -0.15) is 0 Å². The Balaban J connectivity index is 2.43. The van der Waals surface area contributed by atoms with Crippen molar-refractivity contribution in [3.05, 3.63) is 40.0 Å². The molecule has 2 nitrogen and oxygen atoms in total. The van der Waals surface area contributed by atoms with Crippen molar-refractivity contribution in [1.82, 2.24) is 9.88 Å². The van der Waals surface area contributed by atoms with Gasteiger partial charge in [-0.3, -0.25) is 0 Å². The van der Waals surface area contributed by atoms with Gasteiger partial charge in [0.1, 0.15) is 0 Å². The molecule has 2 heterocycles. The fraction of sp³-hybridized carbons (Fsp3) is 0.286. The summed E-state index contributed by atoms with van der Waals surface area (Å²) in [5.74, 6) is 0. The Morgan fingerprint density at radius 3 is 3.00 bits per heavy atom. The van der Waals surface area contributed by atoms with Gasteiger partial charge < -0.3 is 9.88 Å². The molecular weight excluding hydrogens is 276 g/mol. The van der Waals surface area contributed by atoms with Gasteiger partial charge in [0.05, 0.1) is 0 Å². The lowest BCUT2D eigenvalue weighted by atomic mass is 10.0. The van der Waals surface area contributed by atoms with Gasteiger partial charge in [-0.25, -0.2) is 0 Å². The Hall–Kier alpha value is -1.06. The van der Waals surface area contributed by atoms with Crippen molar-refractivity contribution in [2.45, 2.75) is 13.5 Å². The van der Waals surface area contributed by atoms with Crippen LogP contribution in [0, 0.1) is 0 Å². The van der Waals surface area contributed by atoms with Crippen LogP contribution >= 0.6 is 15.9 Å². The van der Waals surface area contributed by atoms with E-state index in [1.54, 1.807) is 0 Å². The summed E-state index contributed by atoms with van der Waals surface area (Å²) in [7, 11) is 2.15. The summed E-state index contributed by atoms with van der Waals surface area (Å²) in [5, 5.41) is 4.78. The van der Waals surface area contributed by atoms with Gasteiger partial charge in [0, 0.05) is 46.8 Å². The van der Waals surface area contributed by atoms with Gasteiger partial charge >= 0.3 is 0 Å². The molecule has 2 aromatic rings. The number of nitrogens with zero attached hydrogens (tertiary/aromatic N) is 1. The van der Waals surface area contributed by atoms with E-state index in [0.717, 1.165) is 17.6 Å². The molecule has 0 atom stereocenters. The van der Waals surface area contributed by atoms with Crippen molar-refractivity contribution in [2.75, 3.05) is 6.54 Å². The Morgan fingerprint density at radius 1 is 1.35 bits per heavy atom. The van der Waals surface area contributed by atoms with Crippen molar-refractivity contribution >= 4 is 32.4 Å². The largest absolute Gasteiger partial charge is 0.346 e. The van der Waals surface area contributed by atoms with Crippen LogP contribution in [0.25, 0.3) is 16.5 Å². The minimum Gasteiger partial charge on any atom is -0.346 e. The highest BCUT2D eigenvalue weighted by Crippen LogP contribution is 2.33. The molecule has 17 heavy (non-hydrogen) atoms. The third-order valence-electron chi connectivity index (χ3n) is 3.52. The molecule has 1 aliphatic rings. The first-order valence-corrected chi connectivity index (χ1v) is 6.62. The third-order valence-corrected chi connectivity index (χ3v) is 4.02. The number of aromatic nitrogens is 1. The molecule has 1 aliphatic heterocycles. The number of halogens is 1. The molecule has 1 N–H and O–H groups in total. The van der Waals surface area contributed by atoms with Gasteiger partial charge in [0.2, 0.25) is 0 Å². The number of nitrogens with one attached hydrogen (secondary N) is 1. The van der Waals surface area contributed by atoms with E-state index in [2.05, 4.69) is 64.1 Å². The van der Waals surface area contributed by atoms with Crippen LogP contribution in [0.2, 0.25) is 0 Å². The predicted molar refractivity (Wildman–Crippen MR) is 76.0 cm³/mol. The van der Waals surface area contributed by atoms with Crippen molar-refractivity contribution < 1.29 is 0 Å². The van der Waals surface area contributed by atoms with Crippen molar-refractivity contribution in [2.24, 2.45) is 7.05 Å². The molecular formula is C14H15BrN2. The second-order valence-corrected chi connectivity index (χ2v) is 5.48. The molecule has 0 radical (unpaired) electrons. The molecule has 0 fully saturated rings. The number of aryl methyl sites for hydroxylation is 1. The zero-order valence-electron chi connectivity index (χ0n) is 10.0. The van der Waals surface area contributed by atoms with Gasteiger partial charge in [-0.15, -0.1) is 0 Å². The summed E-state index contributed by atoms with van der Waals surface area (Å²) >= 11 is 3.56. The van der Waals surface area contributed by atoms with E-state index in [4.69, 9.17) is 0 Å². The summed E-state index contributed by atoms with van der Waals surface area (Å²) in [6.07, 6.45) is 2.27. The summed E-state index contributed by atoms with van der Waals surface area (Å²) in [5.41, 5.74) is 5.45. The molecule has 0 spiro atoms. The van der Waals surface area contributed by atoms with Crippen LogP contribution in [0.5, 0.6) is 0 Å². The maximum Gasteiger partial charge on any atom is 0.0487 e. The van der Waals surface area contributed by atoms with E-state index in [1.807, 2.05) is 0 Å². The van der Waals surface area contributed by atoms with Gasteiger partial charge in [0.15, 0.2) is 0 Å². The van der Waals surface area contributed by atoms with Crippen molar-refractivity contribution in [1.29, 1.82) is 0 Å². The molecule has 0 saturated heterocycles. The molecule has 0 bridgehead atoms. The summed E-state index contributed by atoms with van der Waals surface area (Å²) < 4.78 is 3.44. The fourth-order valence-electron chi connectivity index (χ4n) is 2.63. The number of benzene rings is 1. The minimum absolute atomic E-state index is 0.936. The fourth-order valence-corrected chi connectivity index (χ4v) is 3.00. The Morgan fingerprint density at radius 2 is 2.18 bits per heavy atom. The highest BCUT2D eigenvalue weighted by Gasteiger charge is 2.17. The molecule has 0 amide bonds. The van der Waals surface area contributed by atoms with Crippen LogP contribution < -0.4 is 5.32 Å². The molecule has 3 heteroatoms.